The standard InChI is InChI=1S/C14H19N3S/c1-9-5-7-11(8-6-9)12-13(10(2)15-3)18-14(16-4)17-12/h5-8,10,15H,1-4H3,(H,16,17). The summed E-state index contributed by atoms with van der Waals surface area (Å²) >= 11 is 1.71. The van der Waals surface area contributed by atoms with Crippen LogP contribution in [-0.2, 0) is 0 Å². The Bertz CT molecular complexity index is 516. The third-order valence-corrected chi connectivity index (χ3v) is 4.27. The van der Waals surface area contributed by atoms with Crippen molar-refractivity contribution in [3.05, 3.63) is 34.7 Å². The van der Waals surface area contributed by atoms with E-state index in [1.54, 1.807) is 11.3 Å². The van der Waals surface area contributed by atoms with E-state index in [1.165, 1.54) is 16.0 Å². The van der Waals surface area contributed by atoms with E-state index in [0.29, 0.717) is 6.04 Å². The lowest BCUT2D eigenvalue weighted by Gasteiger charge is -2.09. The van der Waals surface area contributed by atoms with Crippen LogP contribution in [-0.4, -0.2) is 19.1 Å². The topological polar surface area (TPSA) is 37.0 Å². The first-order valence-corrected chi connectivity index (χ1v) is 6.90. The van der Waals surface area contributed by atoms with Crippen LogP contribution in [0, 0.1) is 6.92 Å². The molecule has 2 N–H and O–H groups in total. The Morgan fingerprint density at radius 1 is 1.17 bits per heavy atom. The summed E-state index contributed by atoms with van der Waals surface area (Å²) in [6.07, 6.45) is 0. The third-order valence-electron chi connectivity index (χ3n) is 3.02. The highest BCUT2D eigenvalue weighted by Gasteiger charge is 2.16. The number of benzene rings is 1. The summed E-state index contributed by atoms with van der Waals surface area (Å²) in [5, 5.41) is 7.37. The summed E-state index contributed by atoms with van der Waals surface area (Å²) in [5.74, 6) is 0. The molecule has 4 heteroatoms. The first-order valence-electron chi connectivity index (χ1n) is 6.08. The number of anilines is 1. The van der Waals surface area contributed by atoms with Gasteiger partial charge in [-0.15, -0.1) is 0 Å². The second-order valence-electron chi connectivity index (χ2n) is 4.36. The molecule has 96 valence electrons. The minimum atomic E-state index is 0.306. The monoisotopic (exact) mass is 261 g/mol. The van der Waals surface area contributed by atoms with Crippen LogP contribution in [0.1, 0.15) is 23.4 Å². The number of hydrogen-bond donors (Lipinski definition) is 2. The lowest BCUT2D eigenvalue weighted by atomic mass is 10.1. The number of nitrogens with one attached hydrogen (secondary N) is 2. The van der Waals surface area contributed by atoms with Crippen LogP contribution in [0.25, 0.3) is 11.3 Å². The zero-order chi connectivity index (χ0) is 13.1. The molecule has 2 aromatic rings. The van der Waals surface area contributed by atoms with E-state index in [1.807, 2.05) is 14.1 Å². The van der Waals surface area contributed by atoms with Crippen LogP contribution in [0.3, 0.4) is 0 Å². The first kappa shape index (κ1) is 13.1. The molecule has 0 amide bonds. The van der Waals surface area contributed by atoms with Gasteiger partial charge in [-0.3, -0.25) is 0 Å². The smallest absolute Gasteiger partial charge is 0.183 e. The molecule has 0 aliphatic rings. The van der Waals surface area contributed by atoms with Crippen molar-refractivity contribution in [3.8, 4) is 11.3 Å². The van der Waals surface area contributed by atoms with Gasteiger partial charge in [0.25, 0.3) is 0 Å². The quantitative estimate of drug-likeness (QED) is 0.885. The Morgan fingerprint density at radius 3 is 2.39 bits per heavy atom. The molecule has 1 heterocycles. The van der Waals surface area contributed by atoms with Gasteiger partial charge in [0.05, 0.1) is 10.6 Å². The Labute approximate surface area is 112 Å². The second-order valence-corrected chi connectivity index (χ2v) is 5.39. The van der Waals surface area contributed by atoms with E-state index in [0.717, 1.165) is 10.8 Å². The number of aryl methyl sites for hydroxylation is 1. The molecule has 2 rings (SSSR count). The van der Waals surface area contributed by atoms with Gasteiger partial charge in [-0.05, 0) is 20.9 Å². The Kier molecular flexibility index (Phi) is 3.99. The number of aromatic nitrogens is 1. The molecular formula is C14H19N3S. The van der Waals surface area contributed by atoms with E-state index in [9.17, 15) is 0 Å². The fraction of sp³-hybridized carbons (Fsp3) is 0.357. The largest absolute Gasteiger partial charge is 0.365 e. The van der Waals surface area contributed by atoms with Gasteiger partial charge in [0, 0.05) is 18.7 Å². The van der Waals surface area contributed by atoms with Crippen molar-refractivity contribution in [2.24, 2.45) is 0 Å². The van der Waals surface area contributed by atoms with Crippen molar-refractivity contribution < 1.29 is 0 Å². The molecule has 1 unspecified atom stereocenters. The lowest BCUT2D eigenvalue weighted by molar-refractivity contribution is 0.664. The molecule has 18 heavy (non-hydrogen) atoms. The highest BCUT2D eigenvalue weighted by Crippen LogP contribution is 2.35. The van der Waals surface area contributed by atoms with Crippen LogP contribution < -0.4 is 10.6 Å². The van der Waals surface area contributed by atoms with E-state index in [4.69, 9.17) is 0 Å². The normalized spacial score (nSPS) is 12.4. The Balaban J connectivity index is 2.48. The number of thiazole rings is 1. The van der Waals surface area contributed by atoms with Crippen LogP contribution in [0.2, 0.25) is 0 Å². The molecule has 1 atom stereocenters. The maximum atomic E-state index is 4.67. The van der Waals surface area contributed by atoms with Gasteiger partial charge in [0.2, 0.25) is 0 Å². The van der Waals surface area contributed by atoms with Crippen LogP contribution in [0.5, 0.6) is 0 Å². The number of hydrogen-bond acceptors (Lipinski definition) is 4. The van der Waals surface area contributed by atoms with Crippen molar-refractivity contribution in [2.75, 3.05) is 19.4 Å². The minimum Gasteiger partial charge on any atom is -0.365 e. The predicted octanol–water partition coefficient (Wildman–Crippen LogP) is 3.44. The van der Waals surface area contributed by atoms with Crippen molar-refractivity contribution >= 4 is 16.5 Å². The Morgan fingerprint density at radius 2 is 1.83 bits per heavy atom. The van der Waals surface area contributed by atoms with Gasteiger partial charge in [-0.25, -0.2) is 4.98 Å². The van der Waals surface area contributed by atoms with Gasteiger partial charge in [-0.2, -0.15) is 0 Å². The molecule has 0 saturated heterocycles. The molecule has 0 fully saturated rings. The summed E-state index contributed by atoms with van der Waals surface area (Å²) in [7, 11) is 3.88. The molecule has 3 nitrogen and oxygen atoms in total. The first-order chi connectivity index (χ1) is 8.65. The molecule has 0 aliphatic heterocycles. The van der Waals surface area contributed by atoms with E-state index in [-0.39, 0.29) is 0 Å². The van der Waals surface area contributed by atoms with E-state index < -0.39 is 0 Å². The third kappa shape index (κ3) is 2.54. The van der Waals surface area contributed by atoms with Gasteiger partial charge >= 0.3 is 0 Å². The van der Waals surface area contributed by atoms with E-state index in [2.05, 4.69) is 53.7 Å². The van der Waals surface area contributed by atoms with Crippen molar-refractivity contribution in [2.45, 2.75) is 19.9 Å². The summed E-state index contributed by atoms with van der Waals surface area (Å²) in [6, 6.07) is 8.83. The SMILES string of the molecule is CNc1nc(-c2ccc(C)cc2)c(C(C)NC)s1. The maximum Gasteiger partial charge on any atom is 0.183 e. The minimum absolute atomic E-state index is 0.306. The fourth-order valence-corrected chi connectivity index (χ4v) is 2.78. The molecule has 1 aromatic carbocycles. The highest BCUT2D eigenvalue weighted by molar-refractivity contribution is 7.16. The van der Waals surface area contributed by atoms with E-state index >= 15 is 0 Å². The van der Waals surface area contributed by atoms with Gasteiger partial charge in [0.1, 0.15) is 0 Å². The molecule has 1 aromatic heterocycles. The fourth-order valence-electron chi connectivity index (χ4n) is 1.78. The van der Waals surface area contributed by atoms with Crippen molar-refractivity contribution in [3.63, 3.8) is 0 Å². The average Bonchev–Trinajstić information content (AvgIpc) is 2.83. The molecule has 0 saturated carbocycles. The highest BCUT2D eigenvalue weighted by atomic mass is 32.1. The summed E-state index contributed by atoms with van der Waals surface area (Å²) in [5.41, 5.74) is 3.52. The van der Waals surface area contributed by atoms with Gasteiger partial charge in [0.15, 0.2) is 5.13 Å². The van der Waals surface area contributed by atoms with Gasteiger partial charge in [-0.1, -0.05) is 41.2 Å². The summed E-state index contributed by atoms with van der Waals surface area (Å²) in [4.78, 5) is 5.93. The molecule has 0 aliphatic carbocycles. The second kappa shape index (κ2) is 5.50. The zero-order valence-electron chi connectivity index (χ0n) is 11.2. The summed E-state index contributed by atoms with van der Waals surface area (Å²) in [6.45, 7) is 4.26. The number of nitrogens with zero attached hydrogens (tertiary/aromatic N) is 1. The molecule has 0 radical (unpaired) electrons. The summed E-state index contributed by atoms with van der Waals surface area (Å²) < 4.78 is 0. The van der Waals surface area contributed by atoms with Crippen LogP contribution >= 0.6 is 11.3 Å². The molecule has 0 bridgehead atoms. The molecular weight excluding hydrogens is 242 g/mol. The molecule has 0 spiro atoms. The zero-order valence-corrected chi connectivity index (χ0v) is 12.1. The van der Waals surface area contributed by atoms with Crippen LogP contribution in [0.15, 0.2) is 24.3 Å². The lowest BCUT2D eigenvalue weighted by Crippen LogP contribution is -2.11. The average molecular weight is 261 g/mol. The Hall–Kier alpha value is -1.39. The number of rotatable bonds is 4. The van der Waals surface area contributed by atoms with Gasteiger partial charge < -0.3 is 10.6 Å². The predicted molar refractivity (Wildman–Crippen MR) is 79.3 cm³/mol. The van der Waals surface area contributed by atoms with Crippen LogP contribution in [0.4, 0.5) is 5.13 Å². The van der Waals surface area contributed by atoms with Crippen molar-refractivity contribution in [1.82, 2.24) is 10.3 Å². The maximum absolute atomic E-state index is 4.67. The van der Waals surface area contributed by atoms with Crippen molar-refractivity contribution in [1.29, 1.82) is 0 Å².